The van der Waals surface area contributed by atoms with Gasteiger partial charge in [0.05, 0.1) is 28.5 Å². The topological polar surface area (TPSA) is 87.8 Å². The van der Waals surface area contributed by atoms with E-state index in [0.717, 1.165) is 36.6 Å². The van der Waals surface area contributed by atoms with Crippen LogP contribution in [0.1, 0.15) is 68.0 Å². The molecule has 0 saturated heterocycles. The smallest absolute Gasteiger partial charge is 0.242 e. The molecule has 2 fully saturated rings. The van der Waals surface area contributed by atoms with Crippen molar-refractivity contribution in [3.05, 3.63) is 47.7 Å². The lowest BCUT2D eigenvalue weighted by molar-refractivity contribution is 0.334. The monoisotopic (exact) mass is 498 g/mol. The van der Waals surface area contributed by atoms with E-state index in [0.29, 0.717) is 22.9 Å². The van der Waals surface area contributed by atoms with Crippen molar-refractivity contribution >= 4 is 20.9 Å². The normalized spacial score (nSPS) is 17.2. The average molecular weight is 499 g/mol. The van der Waals surface area contributed by atoms with Crippen LogP contribution in [0, 0.1) is 11.3 Å². The summed E-state index contributed by atoms with van der Waals surface area (Å²) in [6.07, 6.45) is 9.02. The number of halogens is 2. The molecule has 2 aliphatic carbocycles. The highest BCUT2D eigenvalue weighted by Gasteiger charge is 2.29. The van der Waals surface area contributed by atoms with Gasteiger partial charge in [0.15, 0.2) is 0 Å². The first-order valence-corrected chi connectivity index (χ1v) is 13.6. The number of aromatic nitrogens is 2. The molecule has 0 unspecified atom stereocenters. The highest BCUT2D eigenvalue weighted by Crippen LogP contribution is 2.44. The molecule has 2 aromatic heterocycles. The average Bonchev–Trinajstić information content (AvgIpc) is 3.69. The fourth-order valence-corrected chi connectivity index (χ4v) is 6.29. The number of sulfonamides is 1. The minimum atomic E-state index is -4.13. The van der Waals surface area contributed by atoms with Gasteiger partial charge in [-0.15, -0.1) is 0 Å². The molecule has 2 aliphatic rings. The number of alkyl halides is 2. The number of fused-ring (bicyclic) bond motifs is 1. The predicted molar refractivity (Wildman–Crippen MR) is 130 cm³/mol. The Hall–Kier alpha value is -2.83. The molecule has 35 heavy (non-hydrogen) atoms. The molecule has 2 heterocycles. The second-order valence-electron chi connectivity index (χ2n) is 9.55. The van der Waals surface area contributed by atoms with E-state index in [1.165, 1.54) is 37.1 Å². The summed E-state index contributed by atoms with van der Waals surface area (Å²) in [5, 5.41) is 11.0. The van der Waals surface area contributed by atoms with Crippen molar-refractivity contribution < 1.29 is 17.2 Å². The van der Waals surface area contributed by atoms with Crippen LogP contribution in [-0.2, 0) is 10.0 Å². The minimum Gasteiger partial charge on any atom is -0.335 e. The molecule has 0 bridgehead atoms. The first-order chi connectivity index (χ1) is 17.0. The molecular formula is C26H28F2N4O2S. The van der Waals surface area contributed by atoms with Crippen LogP contribution in [0.4, 0.5) is 8.78 Å². The quantitative estimate of drug-likeness (QED) is 0.442. The maximum atomic E-state index is 12.9. The summed E-state index contributed by atoms with van der Waals surface area (Å²) in [7, 11) is -4.13. The molecule has 0 aliphatic heterocycles. The Morgan fingerprint density at radius 1 is 1.09 bits per heavy atom. The van der Waals surface area contributed by atoms with Gasteiger partial charge in [-0.05, 0) is 55.4 Å². The van der Waals surface area contributed by atoms with Gasteiger partial charge in [-0.3, -0.25) is 4.98 Å². The number of hydrogen-bond acceptors (Lipinski definition) is 4. The third-order valence-electron chi connectivity index (χ3n) is 7.11. The van der Waals surface area contributed by atoms with Crippen molar-refractivity contribution in [2.24, 2.45) is 0 Å². The lowest BCUT2D eigenvalue weighted by Crippen LogP contribution is -2.37. The standard InChI is InChI=1S/C26H28F2N4O2S/c27-13-19(14-28)31-35(33,34)21-9-11-24(30-16-21)26-23(15-29)22-10-8-18(17-6-7-17)12-25(22)32(26)20-4-2-1-3-5-20/h8-12,16-17,19-20,31H,1-7,13-14H2. The number of nitriles is 1. The van der Waals surface area contributed by atoms with Gasteiger partial charge in [0.2, 0.25) is 10.0 Å². The van der Waals surface area contributed by atoms with Crippen LogP contribution >= 0.6 is 0 Å². The van der Waals surface area contributed by atoms with E-state index >= 15 is 0 Å². The van der Waals surface area contributed by atoms with Crippen LogP contribution in [0.3, 0.4) is 0 Å². The SMILES string of the molecule is N#Cc1c(-c2ccc(S(=O)(=O)NC(CF)CF)cn2)n(C2CCCCC2)c2cc(C3CC3)ccc12. The van der Waals surface area contributed by atoms with Gasteiger partial charge < -0.3 is 4.57 Å². The Bertz CT molecular complexity index is 1370. The molecule has 1 aromatic carbocycles. The van der Waals surface area contributed by atoms with Gasteiger partial charge in [0.25, 0.3) is 0 Å². The summed E-state index contributed by atoms with van der Waals surface area (Å²) in [5.41, 5.74) is 4.05. The van der Waals surface area contributed by atoms with E-state index in [1.54, 1.807) is 6.07 Å². The van der Waals surface area contributed by atoms with Gasteiger partial charge in [-0.2, -0.15) is 5.26 Å². The van der Waals surface area contributed by atoms with E-state index in [1.807, 2.05) is 10.8 Å². The molecule has 0 amide bonds. The highest BCUT2D eigenvalue weighted by molar-refractivity contribution is 7.89. The van der Waals surface area contributed by atoms with Gasteiger partial charge in [-0.1, -0.05) is 31.4 Å². The largest absolute Gasteiger partial charge is 0.335 e. The Labute approximate surface area is 204 Å². The first kappa shape index (κ1) is 23.9. The van der Waals surface area contributed by atoms with Crippen LogP contribution < -0.4 is 4.72 Å². The zero-order valence-corrected chi connectivity index (χ0v) is 20.2. The second-order valence-corrected chi connectivity index (χ2v) is 11.3. The molecule has 3 aromatic rings. The zero-order chi connectivity index (χ0) is 24.6. The Morgan fingerprint density at radius 2 is 1.83 bits per heavy atom. The van der Waals surface area contributed by atoms with E-state index in [9.17, 15) is 22.5 Å². The number of rotatable bonds is 8. The van der Waals surface area contributed by atoms with Gasteiger partial charge >= 0.3 is 0 Å². The molecule has 0 radical (unpaired) electrons. The summed E-state index contributed by atoms with van der Waals surface area (Å²) in [6.45, 7) is -2.28. The predicted octanol–water partition coefficient (Wildman–Crippen LogP) is 5.54. The molecule has 9 heteroatoms. The number of nitrogens with zero attached hydrogens (tertiary/aromatic N) is 3. The Balaban J connectivity index is 1.62. The van der Waals surface area contributed by atoms with Crippen molar-refractivity contribution in [3.8, 4) is 17.5 Å². The van der Waals surface area contributed by atoms with Crippen molar-refractivity contribution in [1.82, 2.24) is 14.3 Å². The third-order valence-corrected chi connectivity index (χ3v) is 8.62. The van der Waals surface area contributed by atoms with Crippen LogP contribution in [0.2, 0.25) is 0 Å². The number of nitrogens with one attached hydrogen (secondary N) is 1. The molecule has 6 nitrogen and oxygen atoms in total. The Kier molecular flexibility index (Phi) is 6.60. The number of benzene rings is 1. The fourth-order valence-electron chi connectivity index (χ4n) is 5.15. The van der Waals surface area contributed by atoms with Gasteiger partial charge in [0.1, 0.15) is 24.3 Å². The summed E-state index contributed by atoms with van der Waals surface area (Å²) in [5.74, 6) is 0.579. The molecule has 2 saturated carbocycles. The van der Waals surface area contributed by atoms with E-state index < -0.39 is 29.4 Å². The molecular weight excluding hydrogens is 470 g/mol. The van der Waals surface area contributed by atoms with E-state index in [4.69, 9.17) is 0 Å². The van der Waals surface area contributed by atoms with Gasteiger partial charge in [-0.25, -0.2) is 21.9 Å². The fraction of sp³-hybridized carbons (Fsp3) is 0.462. The van der Waals surface area contributed by atoms with Crippen LogP contribution in [0.25, 0.3) is 22.3 Å². The van der Waals surface area contributed by atoms with Crippen LogP contribution in [0.5, 0.6) is 0 Å². The molecule has 5 rings (SSSR count). The molecule has 0 spiro atoms. The Morgan fingerprint density at radius 3 is 2.43 bits per heavy atom. The maximum absolute atomic E-state index is 12.9. The zero-order valence-electron chi connectivity index (χ0n) is 19.4. The van der Waals surface area contributed by atoms with Gasteiger partial charge in [0, 0.05) is 17.6 Å². The van der Waals surface area contributed by atoms with E-state index in [-0.39, 0.29) is 10.9 Å². The van der Waals surface area contributed by atoms with Crippen molar-refractivity contribution in [3.63, 3.8) is 0 Å². The summed E-state index contributed by atoms with van der Waals surface area (Å²) in [6, 6.07) is 10.5. The highest BCUT2D eigenvalue weighted by atomic mass is 32.2. The van der Waals surface area contributed by atoms with Crippen LogP contribution in [0.15, 0.2) is 41.4 Å². The molecule has 184 valence electrons. The lowest BCUT2D eigenvalue weighted by Gasteiger charge is -2.26. The summed E-state index contributed by atoms with van der Waals surface area (Å²) < 4.78 is 55.1. The van der Waals surface area contributed by atoms with Crippen molar-refractivity contribution in [2.75, 3.05) is 13.3 Å². The summed E-state index contributed by atoms with van der Waals surface area (Å²) in [4.78, 5) is 4.25. The summed E-state index contributed by atoms with van der Waals surface area (Å²) >= 11 is 0. The molecule has 0 atom stereocenters. The maximum Gasteiger partial charge on any atom is 0.242 e. The van der Waals surface area contributed by atoms with Crippen molar-refractivity contribution in [1.29, 1.82) is 5.26 Å². The number of hydrogen-bond donors (Lipinski definition) is 1. The minimum absolute atomic E-state index is 0.178. The third kappa shape index (κ3) is 4.57. The second kappa shape index (κ2) is 9.67. The first-order valence-electron chi connectivity index (χ1n) is 12.2. The van der Waals surface area contributed by atoms with Crippen LogP contribution in [-0.4, -0.2) is 37.4 Å². The lowest BCUT2D eigenvalue weighted by atomic mass is 9.94. The van der Waals surface area contributed by atoms with Crippen molar-refractivity contribution in [2.45, 2.75) is 67.8 Å². The number of pyridine rings is 1. The van der Waals surface area contributed by atoms with E-state index in [2.05, 4.69) is 27.8 Å². The molecule has 1 N–H and O–H groups in total.